The Morgan fingerprint density at radius 3 is 2.43 bits per heavy atom. The van der Waals surface area contributed by atoms with Gasteiger partial charge in [-0.25, -0.2) is 18.6 Å². The maximum absolute atomic E-state index is 14.7. The van der Waals surface area contributed by atoms with Crippen LogP contribution in [0.3, 0.4) is 0 Å². The molecule has 0 saturated carbocycles. The van der Waals surface area contributed by atoms with Crippen LogP contribution in [0.1, 0.15) is 0 Å². The van der Waals surface area contributed by atoms with E-state index in [0.717, 1.165) is 25.0 Å². The van der Waals surface area contributed by atoms with Crippen molar-refractivity contribution in [3.05, 3.63) is 78.5 Å². The molecule has 2 heterocycles. The Morgan fingerprint density at radius 2 is 1.66 bits per heavy atom. The van der Waals surface area contributed by atoms with Crippen molar-refractivity contribution in [2.45, 2.75) is 0 Å². The molecule has 0 radical (unpaired) electrons. The zero-order valence-electron chi connectivity index (χ0n) is 18.5. The van der Waals surface area contributed by atoms with Gasteiger partial charge in [-0.15, -0.1) is 0 Å². The first-order valence-corrected chi connectivity index (χ1v) is 10.9. The van der Waals surface area contributed by atoms with Crippen molar-refractivity contribution in [1.29, 1.82) is 0 Å². The van der Waals surface area contributed by atoms with Crippen molar-refractivity contribution in [3.8, 4) is 11.5 Å². The van der Waals surface area contributed by atoms with E-state index in [1.807, 2.05) is 0 Å². The Kier molecular flexibility index (Phi) is 6.36. The van der Waals surface area contributed by atoms with E-state index >= 15 is 0 Å². The summed E-state index contributed by atoms with van der Waals surface area (Å²) in [5, 5.41) is 5.07. The average Bonchev–Trinajstić information content (AvgIpc) is 2.87. The molecule has 5 rings (SSSR count). The number of nitrogens with zero attached hydrogens (tertiary/aromatic N) is 3. The van der Waals surface area contributed by atoms with Crippen LogP contribution in [-0.4, -0.2) is 42.3 Å². The number of halogens is 2. The molecule has 0 spiro atoms. The lowest BCUT2D eigenvalue weighted by Gasteiger charge is -2.27. The number of rotatable bonds is 5. The molecular weight excluding hydrogens is 456 g/mol. The van der Waals surface area contributed by atoms with E-state index in [4.69, 9.17) is 9.47 Å². The highest BCUT2D eigenvalue weighted by Gasteiger charge is 2.14. The topological polar surface area (TPSA) is 88.6 Å². The van der Waals surface area contributed by atoms with Crippen LogP contribution in [0.5, 0.6) is 11.5 Å². The first-order chi connectivity index (χ1) is 17.0. The number of carbonyl (C=O) groups excluding carboxylic acids is 1. The molecule has 178 valence electrons. The third-order valence-electron chi connectivity index (χ3n) is 5.36. The number of fused-ring (bicyclic) bond motifs is 1. The van der Waals surface area contributed by atoms with Crippen LogP contribution >= 0.6 is 0 Å². The number of carbonyl (C=O) groups is 1. The van der Waals surface area contributed by atoms with Crippen molar-refractivity contribution in [3.63, 3.8) is 0 Å². The monoisotopic (exact) mass is 477 g/mol. The van der Waals surface area contributed by atoms with Gasteiger partial charge in [-0.3, -0.25) is 4.98 Å². The number of urea groups is 1. The number of hydrogen-bond acceptors (Lipinski definition) is 6. The van der Waals surface area contributed by atoms with Gasteiger partial charge in [0.15, 0.2) is 11.6 Å². The molecule has 0 atom stereocenters. The van der Waals surface area contributed by atoms with Crippen LogP contribution < -0.4 is 20.3 Å². The van der Waals surface area contributed by atoms with Crippen LogP contribution in [0.2, 0.25) is 0 Å². The van der Waals surface area contributed by atoms with E-state index in [-0.39, 0.29) is 11.4 Å². The summed E-state index contributed by atoms with van der Waals surface area (Å²) in [6.07, 6.45) is 1.73. The standard InChI is InChI=1S/C25H21F2N5O3/c26-16-1-3-17(4-2-16)29-25(33)30-18-5-8-23(20(27)13-18)35-19-6-7-21-22(14-19)31-24(15-28-21)32-9-11-34-12-10-32/h1-8,13-15H,9-12H2,(H2,29,30,33). The van der Waals surface area contributed by atoms with E-state index in [0.29, 0.717) is 35.7 Å². The van der Waals surface area contributed by atoms with Gasteiger partial charge in [-0.2, -0.15) is 0 Å². The second-order valence-electron chi connectivity index (χ2n) is 7.81. The minimum absolute atomic E-state index is 0.00821. The highest BCUT2D eigenvalue weighted by Crippen LogP contribution is 2.29. The zero-order valence-corrected chi connectivity index (χ0v) is 18.5. The summed E-state index contributed by atoms with van der Waals surface area (Å²) < 4.78 is 38.8. The minimum atomic E-state index is -0.655. The first-order valence-electron chi connectivity index (χ1n) is 10.9. The number of nitrogens with one attached hydrogen (secondary N) is 2. The third kappa shape index (κ3) is 5.44. The van der Waals surface area contributed by atoms with E-state index < -0.39 is 17.7 Å². The Balaban J connectivity index is 1.27. The molecule has 2 amide bonds. The molecular formula is C25H21F2N5O3. The maximum atomic E-state index is 14.7. The molecule has 10 heteroatoms. The largest absolute Gasteiger partial charge is 0.454 e. The average molecular weight is 477 g/mol. The molecule has 3 aromatic carbocycles. The summed E-state index contributed by atoms with van der Waals surface area (Å²) in [4.78, 5) is 23.4. The third-order valence-corrected chi connectivity index (χ3v) is 5.36. The lowest BCUT2D eigenvalue weighted by molar-refractivity contribution is 0.122. The van der Waals surface area contributed by atoms with Crippen molar-refractivity contribution >= 4 is 34.3 Å². The predicted molar refractivity (Wildman–Crippen MR) is 128 cm³/mol. The van der Waals surface area contributed by atoms with Gasteiger partial charge < -0.3 is 25.0 Å². The van der Waals surface area contributed by atoms with Gasteiger partial charge in [0, 0.05) is 36.6 Å². The molecule has 2 N–H and O–H groups in total. The summed E-state index contributed by atoms with van der Waals surface area (Å²) in [6, 6.07) is 13.9. The minimum Gasteiger partial charge on any atom is -0.454 e. The molecule has 1 aliphatic heterocycles. The Morgan fingerprint density at radius 1 is 0.914 bits per heavy atom. The second-order valence-corrected chi connectivity index (χ2v) is 7.81. The fourth-order valence-corrected chi connectivity index (χ4v) is 3.60. The van der Waals surface area contributed by atoms with Crippen molar-refractivity contribution < 1.29 is 23.0 Å². The van der Waals surface area contributed by atoms with E-state index in [9.17, 15) is 13.6 Å². The summed E-state index contributed by atoms with van der Waals surface area (Å²) in [5.41, 5.74) is 1.96. The normalized spacial score (nSPS) is 13.5. The Hall–Kier alpha value is -4.31. The van der Waals surface area contributed by atoms with Gasteiger partial charge in [-0.1, -0.05) is 0 Å². The van der Waals surface area contributed by atoms with Gasteiger partial charge in [0.1, 0.15) is 17.4 Å². The van der Waals surface area contributed by atoms with Gasteiger partial charge in [-0.05, 0) is 48.5 Å². The molecule has 1 aliphatic rings. The Bertz CT molecular complexity index is 1360. The summed E-state index contributed by atoms with van der Waals surface area (Å²) >= 11 is 0. The Labute approximate surface area is 199 Å². The number of aromatic nitrogens is 2. The summed E-state index contributed by atoms with van der Waals surface area (Å²) in [5.74, 6) is 0.0756. The number of anilines is 3. The van der Waals surface area contributed by atoms with Gasteiger partial charge in [0.05, 0.1) is 30.4 Å². The van der Waals surface area contributed by atoms with Crippen LogP contribution in [0.25, 0.3) is 11.0 Å². The first kappa shape index (κ1) is 22.5. The predicted octanol–water partition coefficient (Wildman–Crippen LogP) is 5.18. The summed E-state index contributed by atoms with van der Waals surface area (Å²) in [6.45, 7) is 2.76. The molecule has 1 fully saturated rings. The van der Waals surface area contributed by atoms with Crippen molar-refractivity contribution in [2.24, 2.45) is 0 Å². The maximum Gasteiger partial charge on any atom is 0.323 e. The van der Waals surface area contributed by atoms with Gasteiger partial charge >= 0.3 is 6.03 Å². The molecule has 4 aromatic rings. The zero-order chi connectivity index (χ0) is 24.2. The van der Waals surface area contributed by atoms with E-state index in [1.165, 1.54) is 36.4 Å². The number of ether oxygens (including phenoxy) is 2. The second kappa shape index (κ2) is 9.90. The van der Waals surface area contributed by atoms with Crippen LogP contribution in [0.4, 0.5) is 30.8 Å². The fraction of sp³-hybridized carbons (Fsp3) is 0.160. The highest BCUT2D eigenvalue weighted by atomic mass is 19.1. The SMILES string of the molecule is O=C(Nc1ccc(F)cc1)Nc1ccc(Oc2ccc3ncc(N4CCOCC4)nc3c2)c(F)c1. The molecule has 35 heavy (non-hydrogen) atoms. The number of hydrogen-bond donors (Lipinski definition) is 2. The summed E-state index contributed by atoms with van der Waals surface area (Å²) in [7, 11) is 0. The van der Waals surface area contributed by atoms with E-state index in [2.05, 4.69) is 25.5 Å². The highest BCUT2D eigenvalue weighted by molar-refractivity contribution is 5.99. The molecule has 8 nitrogen and oxygen atoms in total. The number of amides is 2. The molecule has 0 bridgehead atoms. The van der Waals surface area contributed by atoms with Crippen LogP contribution in [0, 0.1) is 11.6 Å². The van der Waals surface area contributed by atoms with Gasteiger partial charge in [0.2, 0.25) is 0 Å². The number of morpholine rings is 1. The molecule has 1 saturated heterocycles. The molecule has 1 aromatic heterocycles. The van der Waals surface area contributed by atoms with Crippen molar-refractivity contribution in [2.75, 3.05) is 41.8 Å². The number of benzene rings is 3. The lowest BCUT2D eigenvalue weighted by Crippen LogP contribution is -2.36. The fourth-order valence-electron chi connectivity index (χ4n) is 3.60. The van der Waals surface area contributed by atoms with Gasteiger partial charge in [0.25, 0.3) is 0 Å². The molecule has 0 aliphatic carbocycles. The van der Waals surface area contributed by atoms with Crippen LogP contribution in [0.15, 0.2) is 66.9 Å². The van der Waals surface area contributed by atoms with Crippen molar-refractivity contribution in [1.82, 2.24) is 9.97 Å². The quantitative estimate of drug-likeness (QED) is 0.412. The molecule has 0 unspecified atom stereocenters. The van der Waals surface area contributed by atoms with E-state index in [1.54, 1.807) is 24.4 Å². The van der Waals surface area contributed by atoms with Crippen LogP contribution in [-0.2, 0) is 4.74 Å². The smallest absolute Gasteiger partial charge is 0.323 e. The lowest BCUT2D eigenvalue weighted by atomic mass is 10.2.